The van der Waals surface area contributed by atoms with Gasteiger partial charge in [0.15, 0.2) is 0 Å². The summed E-state index contributed by atoms with van der Waals surface area (Å²) < 4.78 is 106. The molecule has 0 aliphatic heterocycles. The summed E-state index contributed by atoms with van der Waals surface area (Å²) in [5.74, 6) is -2.61. The third-order valence-electron chi connectivity index (χ3n) is 38.8. The van der Waals surface area contributed by atoms with Crippen molar-refractivity contribution < 1.29 is 113 Å². The molecule has 0 N–H and O–H groups in total. The first-order chi connectivity index (χ1) is 57.9. The predicted octanol–water partition coefficient (Wildman–Crippen LogP) is 18.6. The number of Topliss-reactive ketones (excluding diaryl/α,β-unsaturated/α-hetero) is 4. The van der Waals surface area contributed by atoms with E-state index in [4.69, 9.17) is 37.9 Å². The van der Waals surface area contributed by atoms with Gasteiger partial charge in [-0.1, -0.05) is 55.4 Å². The molecule has 16 aliphatic rings. The van der Waals surface area contributed by atoms with Gasteiger partial charge in [0.1, 0.15) is 96.7 Å². The Labute approximate surface area is 733 Å². The average molecular weight is 1750 g/mol. The highest BCUT2D eigenvalue weighted by Crippen LogP contribution is 2.74. The number of ketones is 4. The number of fused-ring (bicyclic) bond motifs is 20. The summed E-state index contributed by atoms with van der Waals surface area (Å²) in [6, 6.07) is 0. The molecular formula is C100H148F4O20. The Morgan fingerprint density at radius 2 is 0.435 bits per heavy atom. The maximum atomic E-state index is 15.6. The minimum atomic E-state index is -1.04. The second kappa shape index (κ2) is 35.8. The van der Waals surface area contributed by atoms with Crippen molar-refractivity contribution in [3.8, 4) is 0 Å². The number of hydrogen-bond donors (Lipinski definition) is 0. The van der Waals surface area contributed by atoms with Crippen LogP contribution in [0.3, 0.4) is 0 Å². The average Bonchev–Trinajstić information content (AvgIpc) is 1.49. The van der Waals surface area contributed by atoms with Crippen LogP contribution >= 0.6 is 0 Å². The van der Waals surface area contributed by atoms with Crippen LogP contribution in [0.2, 0.25) is 0 Å². The Balaban J connectivity index is 0.000000142. The van der Waals surface area contributed by atoms with E-state index in [9.17, 15) is 57.5 Å². The number of halogens is 4. The van der Waals surface area contributed by atoms with E-state index in [0.29, 0.717) is 51.4 Å². The van der Waals surface area contributed by atoms with Crippen LogP contribution in [0.15, 0.2) is 0 Å². The normalized spacial score (nSPS) is 47.5. The van der Waals surface area contributed by atoms with Crippen molar-refractivity contribution in [2.45, 2.75) is 392 Å². The van der Waals surface area contributed by atoms with Gasteiger partial charge in [0.05, 0.1) is 0 Å². The summed E-state index contributed by atoms with van der Waals surface area (Å²) in [5.41, 5.74) is -1.39. The van der Waals surface area contributed by atoms with Gasteiger partial charge < -0.3 is 37.9 Å². The molecule has 16 fully saturated rings. The molecule has 0 heterocycles. The summed E-state index contributed by atoms with van der Waals surface area (Å²) >= 11 is 0. The summed E-state index contributed by atoms with van der Waals surface area (Å²) in [7, 11) is 0. The van der Waals surface area contributed by atoms with Gasteiger partial charge in [-0.15, -0.1) is 0 Å². The summed E-state index contributed by atoms with van der Waals surface area (Å²) in [6.45, 7) is 36.4. The number of carbonyl (C=O) groups excluding carboxylic acids is 12. The van der Waals surface area contributed by atoms with Gasteiger partial charge >= 0.3 is 47.8 Å². The summed E-state index contributed by atoms with van der Waals surface area (Å²) in [4.78, 5) is 146. The molecule has 0 unspecified atom stereocenters. The van der Waals surface area contributed by atoms with Crippen LogP contribution in [0.25, 0.3) is 0 Å². The van der Waals surface area contributed by atoms with Crippen molar-refractivity contribution >= 4 is 70.9 Å². The third kappa shape index (κ3) is 17.3. The van der Waals surface area contributed by atoms with Crippen LogP contribution in [0, 0.1) is 162 Å². The fourth-order valence-electron chi connectivity index (χ4n) is 33.4. The van der Waals surface area contributed by atoms with Gasteiger partial charge in [-0.25, -0.2) is 17.6 Å². The molecule has 696 valence electrons. The van der Waals surface area contributed by atoms with Crippen LogP contribution in [0.1, 0.15) is 318 Å². The van der Waals surface area contributed by atoms with Gasteiger partial charge in [-0.3, -0.25) is 57.5 Å². The Morgan fingerprint density at radius 3 is 0.597 bits per heavy atom. The van der Waals surface area contributed by atoms with E-state index in [0.717, 1.165) is 128 Å². The minimum absolute atomic E-state index is 0.0180. The fourth-order valence-corrected chi connectivity index (χ4v) is 33.4. The number of esters is 8. The lowest BCUT2D eigenvalue weighted by Gasteiger charge is -2.60. The van der Waals surface area contributed by atoms with Gasteiger partial charge in [-0.05, 0) is 272 Å². The van der Waals surface area contributed by atoms with E-state index < -0.39 is 24.7 Å². The van der Waals surface area contributed by atoms with Gasteiger partial charge in [-0.2, -0.15) is 0 Å². The zero-order valence-electron chi connectivity index (χ0n) is 78.0. The quantitative estimate of drug-likeness (QED) is 0.0997. The van der Waals surface area contributed by atoms with Crippen LogP contribution in [0.4, 0.5) is 17.6 Å². The summed E-state index contributed by atoms with van der Waals surface area (Å²) in [6.07, 6.45) is 14.2. The van der Waals surface area contributed by atoms with Crippen molar-refractivity contribution in [2.24, 2.45) is 162 Å². The Bertz CT molecular complexity index is 3570. The van der Waals surface area contributed by atoms with Gasteiger partial charge in [0, 0.05) is 152 Å². The monoisotopic (exact) mass is 1750 g/mol. The second-order valence-corrected chi connectivity index (χ2v) is 45.0. The highest BCUT2D eigenvalue weighted by Gasteiger charge is 2.72. The smallest absolute Gasteiger partial charge is 0.302 e. The molecule has 16 saturated carbocycles. The Hall–Kier alpha value is -5.84. The van der Waals surface area contributed by atoms with Crippen molar-refractivity contribution in [3.63, 3.8) is 0 Å². The van der Waals surface area contributed by atoms with E-state index in [1.54, 1.807) is 0 Å². The van der Waals surface area contributed by atoms with Crippen LogP contribution in [0.5, 0.6) is 0 Å². The van der Waals surface area contributed by atoms with Crippen LogP contribution in [-0.4, -0.2) is 144 Å². The lowest BCUT2D eigenvalue weighted by molar-refractivity contribution is -0.173. The molecule has 124 heavy (non-hydrogen) atoms. The number of ether oxygens (including phenoxy) is 8. The first-order valence-electron chi connectivity index (χ1n) is 47.9. The van der Waals surface area contributed by atoms with Gasteiger partial charge in [0.2, 0.25) is 0 Å². The number of alkyl halides is 4. The van der Waals surface area contributed by atoms with Crippen molar-refractivity contribution in [1.82, 2.24) is 0 Å². The third-order valence-corrected chi connectivity index (χ3v) is 38.8. The molecule has 0 saturated heterocycles. The second-order valence-electron chi connectivity index (χ2n) is 45.0. The standard InChI is InChI=1S/4C25H37FO5/c4*1-13(30-14(2)27)19-12-20(26)23-22-18(7-9-25(19,23)5)24(4)8-6-17(31-15(3)28)10-16(24)11-21(22)29/h4*13,16-20,22-23H,6-12H2,1-5H3/t4*13-,16-,17+,18+,19-,20-,22+,23+,24+,25-/m1111/s1. The molecular weight excluding hydrogens is 1600 g/mol. The molecule has 24 heteroatoms. The number of rotatable bonds is 12. The highest BCUT2D eigenvalue weighted by molar-refractivity contribution is 5.86. The molecule has 0 spiro atoms. The number of carbonyl (C=O) groups is 12. The maximum Gasteiger partial charge on any atom is 0.302 e. The van der Waals surface area contributed by atoms with Crippen LogP contribution in [-0.2, 0) is 95.4 Å². The first kappa shape index (κ1) is 95.7. The molecule has 16 rings (SSSR count). The zero-order chi connectivity index (χ0) is 90.9. The number of hydrogen-bond acceptors (Lipinski definition) is 20. The van der Waals surface area contributed by atoms with Gasteiger partial charge in [0.25, 0.3) is 0 Å². The van der Waals surface area contributed by atoms with E-state index in [2.05, 4.69) is 55.4 Å². The summed E-state index contributed by atoms with van der Waals surface area (Å²) in [5, 5.41) is 0. The lowest BCUT2D eigenvalue weighted by atomic mass is 9.44. The van der Waals surface area contributed by atoms with Crippen molar-refractivity contribution in [3.05, 3.63) is 0 Å². The van der Waals surface area contributed by atoms with Crippen molar-refractivity contribution in [1.29, 1.82) is 0 Å². The lowest BCUT2D eigenvalue weighted by Crippen LogP contribution is -2.58. The molecule has 16 aliphatic carbocycles. The Morgan fingerprint density at radius 1 is 0.266 bits per heavy atom. The maximum absolute atomic E-state index is 15.6. The topological polar surface area (TPSA) is 279 Å². The SMILES string of the molecule is CC(=O)O[C@H]1CC[C@@]2(C)[C@@H](CC(=O)[C@H]3[C@@H]4[C@H](F)C[C@H]([C@@H](C)OC(C)=O)[C@@]4(C)CC[C@@H]32)C1.CC(=O)O[C@H]1CC[C@@]2(C)[C@@H](CC(=O)[C@H]3[C@@H]4[C@H](F)C[C@H]([C@@H](C)OC(C)=O)[C@@]4(C)CC[C@@H]32)C1.CC(=O)O[C@H]1CC[C@@]2(C)[C@@H](CC(=O)[C@H]3[C@@H]4[C@H](F)C[C@H]([C@@H](C)OC(C)=O)[C@@]4(C)CC[C@@H]32)C1.CC(=O)O[C@H]1CC[C@@]2(C)[C@@H](CC(=O)[C@H]3[C@@H]4[C@H](F)C[C@H]([C@@H](C)OC(C)=O)[C@@]4(C)CC[C@@H]32)C1. The zero-order valence-corrected chi connectivity index (χ0v) is 78.0. The molecule has 0 radical (unpaired) electrons. The molecule has 0 aromatic heterocycles. The molecule has 0 aromatic rings. The van der Waals surface area contributed by atoms with E-state index in [1.165, 1.54) is 55.4 Å². The molecule has 40 atom stereocenters. The fraction of sp³-hybridized carbons (Fsp3) is 0.880. The first-order valence-corrected chi connectivity index (χ1v) is 47.9. The molecule has 0 amide bonds. The predicted molar refractivity (Wildman–Crippen MR) is 451 cm³/mol. The van der Waals surface area contributed by atoms with E-state index in [-0.39, 0.29) is 281 Å². The highest BCUT2D eigenvalue weighted by atomic mass is 19.1. The Kier molecular flexibility index (Phi) is 27.6. The van der Waals surface area contributed by atoms with Crippen molar-refractivity contribution in [2.75, 3.05) is 0 Å². The molecule has 0 bridgehead atoms. The van der Waals surface area contributed by atoms with E-state index >= 15 is 17.6 Å². The van der Waals surface area contributed by atoms with Crippen LogP contribution < -0.4 is 0 Å². The molecule has 20 nitrogen and oxygen atoms in total. The molecule has 0 aromatic carbocycles. The minimum Gasteiger partial charge on any atom is -0.463 e. The van der Waals surface area contributed by atoms with E-state index in [1.807, 2.05) is 27.7 Å². The largest absolute Gasteiger partial charge is 0.463 e.